The van der Waals surface area contributed by atoms with Crippen LogP contribution < -0.4 is 0 Å². The molecule has 1 heteroatoms. The van der Waals surface area contributed by atoms with Crippen molar-refractivity contribution < 1.29 is 4.74 Å². The van der Waals surface area contributed by atoms with Gasteiger partial charge in [-0.1, -0.05) is 33.6 Å². The molecule has 0 heterocycles. The molecule has 0 aliphatic rings. The molecular formula is C10H22O. The number of rotatable bonds is 6. The van der Waals surface area contributed by atoms with E-state index in [0.717, 1.165) is 5.92 Å². The molecule has 0 saturated heterocycles. The van der Waals surface area contributed by atoms with Crippen molar-refractivity contribution in [1.29, 1.82) is 0 Å². The summed E-state index contributed by atoms with van der Waals surface area (Å²) in [6, 6.07) is 0. The first-order valence-electron chi connectivity index (χ1n) is 4.73. The minimum absolute atomic E-state index is 0.495. The summed E-state index contributed by atoms with van der Waals surface area (Å²) in [5.41, 5.74) is 0. The predicted octanol–water partition coefficient (Wildman–Crippen LogP) is 3.24. The minimum Gasteiger partial charge on any atom is -0.381 e. The highest BCUT2D eigenvalue weighted by Gasteiger charge is 2.07. The molecule has 0 unspecified atom stereocenters. The fourth-order valence-corrected chi connectivity index (χ4v) is 1.29. The average Bonchev–Trinajstić information content (AvgIpc) is 1.97. The second kappa shape index (κ2) is 6.66. The summed E-state index contributed by atoms with van der Waals surface area (Å²) in [6.07, 6.45) is 5.50. The van der Waals surface area contributed by atoms with Crippen LogP contribution in [-0.2, 0) is 4.74 Å². The van der Waals surface area contributed by atoms with E-state index in [1.165, 1.54) is 25.7 Å². The van der Waals surface area contributed by atoms with Crippen LogP contribution in [0, 0.1) is 5.92 Å². The molecule has 0 saturated carbocycles. The zero-order valence-corrected chi connectivity index (χ0v) is 8.39. The Morgan fingerprint density at radius 1 is 1.27 bits per heavy atom. The summed E-state index contributed by atoms with van der Waals surface area (Å²) >= 11 is 0. The fraction of sp³-hybridized carbons (Fsp3) is 1.00. The molecule has 11 heavy (non-hydrogen) atoms. The number of methoxy groups -OCH3 is 1. The third-order valence-electron chi connectivity index (χ3n) is 1.95. The Morgan fingerprint density at radius 3 is 2.27 bits per heavy atom. The van der Waals surface area contributed by atoms with E-state index in [2.05, 4.69) is 20.8 Å². The van der Waals surface area contributed by atoms with Crippen molar-refractivity contribution >= 4 is 0 Å². The Morgan fingerprint density at radius 2 is 1.91 bits per heavy atom. The van der Waals surface area contributed by atoms with E-state index in [1.54, 1.807) is 0 Å². The molecule has 0 aromatic carbocycles. The molecule has 0 aliphatic carbocycles. The van der Waals surface area contributed by atoms with E-state index < -0.39 is 0 Å². The molecule has 0 aromatic heterocycles. The average molecular weight is 158 g/mol. The summed E-state index contributed by atoms with van der Waals surface area (Å²) in [4.78, 5) is 0. The van der Waals surface area contributed by atoms with Crippen LogP contribution >= 0.6 is 0 Å². The van der Waals surface area contributed by atoms with Crippen molar-refractivity contribution in [2.45, 2.75) is 52.6 Å². The van der Waals surface area contributed by atoms with Crippen LogP contribution in [0.15, 0.2) is 0 Å². The lowest BCUT2D eigenvalue weighted by Gasteiger charge is -2.16. The Labute approximate surface area is 71.1 Å². The summed E-state index contributed by atoms with van der Waals surface area (Å²) in [6.45, 7) is 6.72. The molecule has 0 bridgehead atoms. The normalized spacial score (nSPS) is 13.9. The Bertz CT molecular complexity index is 78.9. The third-order valence-corrected chi connectivity index (χ3v) is 1.95. The highest BCUT2D eigenvalue weighted by molar-refractivity contribution is 4.59. The fourth-order valence-electron chi connectivity index (χ4n) is 1.29. The van der Waals surface area contributed by atoms with Crippen LogP contribution in [0.5, 0.6) is 0 Å². The first kappa shape index (κ1) is 11.0. The molecule has 0 aromatic rings. The highest BCUT2D eigenvalue weighted by Crippen LogP contribution is 2.13. The van der Waals surface area contributed by atoms with E-state index >= 15 is 0 Å². The zero-order valence-electron chi connectivity index (χ0n) is 8.39. The lowest BCUT2D eigenvalue weighted by atomic mass is 10.0. The van der Waals surface area contributed by atoms with Gasteiger partial charge in [0.25, 0.3) is 0 Å². The van der Waals surface area contributed by atoms with Gasteiger partial charge in [0.15, 0.2) is 0 Å². The van der Waals surface area contributed by atoms with Gasteiger partial charge >= 0.3 is 0 Å². The molecule has 1 atom stereocenters. The van der Waals surface area contributed by atoms with Crippen LogP contribution in [0.2, 0.25) is 0 Å². The molecule has 0 aliphatic heterocycles. The van der Waals surface area contributed by atoms with Crippen LogP contribution in [-0.4, -0.2) is 13.2 Å². The summed E-state index contributed by atoms with van der Waals surface area (Å²) in [5, 5.41) is 0. The molecule has 68 valence electrons. The lowest BCUT2D eigenvalue weighted by molar-refractivity contribution is 0.0756. The second-order valence-corrected chi connectivity index (χ2v) is 3.63. The van der Waals surface area contributed by atoms with E-state index in [0.29, 0.717) is 6.10 Å². The van der Waals surface area contributed by atoms with Crippen molar-refractivity contribution in [3.63, 3.8) is 0 Å². The van der Waals surface area contributed by atoms with Gasteiger partial charge in [0.05, 0.1) is 6.10 Å². The molecule has 0 radical (unpaired) electrons. The maximum atomic E-state index is 5.36. The first-order chi connectivity index (χ1) is 5.20. The maximum absolute atomic E-state index is 5.36. The van der Waals surface area contributed by atoms with Crippen molar-refractivity contribution in [1.82, 2.24) is 0 Å². The van der Waals surface area contributed by atoms with Crippen molar-refractivity contribution in [2.24, 2.45) is 5.92 Å². The second-order valence-electron chi connectivity index (χ2n) is 3.63. The molecular weight excluding hydrogens is 136 g/mol. The largest absolute Gasteiger partial charge is 0.381 e. The van der Waals surface area contributed by atoms with Crippen molar-refractivity contribution in [2.75, 3.05) is 7.11 Å². The maximum Gasteiger partial charge on any atom is 0.0573 e. The quantitative estimate of drug-likeness (QED) is 0.576. The standard InChI is InChI=1S/C10H22O/c1-5-6-7-10(11-4)8-9(2)3/h9-10H,5-8H2,1-4H3/t10-/m0/s1. The van der Waals surface area contributed by atoms with Crippen LogP contribution in [0.1, 0.15) is 46.5 Å². The summed E-state index contributed by atoms with van der Waals surface area (Å²) < 4.78 is 5.36. The number of ether oxygens (including phenoxy) is 1. The van der Waals surface area contributed by atoms with E-state index in [1.807, 2.05) is 7.11 Å². The van der Waals surface area contributed by atoms with Gasteiger partial charge < -0.3 is 4.74 Å². The lowest BCUT2D eigenvalue weighted by Crippen LogP contribution is -2.13. The number of hydrogen-bond donors (Lipinski definition) is 0. The van der Waals surface area contributed by atoms with Crippen LogP contribution in [0.25, 0.3) is 0 Å². The minimum atomic E-state index is 0.495. The first-order valence-corrected chi connectivity index (χ1v) is 4.73. The van der Waals surface area contributed by atoms with Crippen molar-refractivity contribution in [3.8, 4) is 0 Å². The SMILES string of the molecule is CCCC[C@@H](CC(C)C)OC. The van der Waals surface area contributed by atoms with Gasteiger partial charge in [0.2, 0.25) is 0 Å². The van der Waals surface area contributed by atoms with Gasteiger partial charge in [-0.05, 0) is 18.8 Å². The topological polar surface area (TPSA) is 9.23 Å². The number of hydrogen-bond acceptors (Lipinski definition) is 1. The zero-order chi connectivity index (χ0) is 8.69. The molecule has 0 N–H and O–H groups in total. The molecule has 0 fully saturated rings. The van der Waals surface area contributed by atoms with Gasteiger partial charge in [-0.25, -0.2) is 0 Å². The van der Waals surface area contributed by atoms with Gasteiger partial charge in [0, 0.05) is 7.11 Å². The van der Waals surface area contributed by atoms with Gasteiger partial charge in [-0.15, -0.1) is 0 Å². The van der Waals surface area contributed by atoms with E-state index in [-0.39, 0.29) is 0 Å². The summed E-state index contributed by atoms with van der Waals surface area (Å²) in [5.74, 6) is 0.761. The van der Waals surface area contributed by atoms with Gasteiger partial charge in [-0.3, -0.25) is 0 Å². The predicted molar refractivity (Wildman–Crippen MR) is 49.8 cm³/mol. The summed E-state index contributed by atoms with van der Waals surface area (Å²) in [7, 11) is 1.82. The van der Waals surface area contributed by atoms with Gasteiger partial charge in [-0.2, -0.15) is 0 Å². The molecule has 1 nitrogen and oxygen atoms in total. The van der Waals surface area contributed by atoms with Crippen molar-refractivity contribution in [3.05, 3.63) is 0 Å². The van der Waals surface area contributed by atoms with E-state index in [9.17, 15) is 0 Å². The molecule has 0 rings (SSSR count). The Kier molecular flexibility index (Phi) is 6.63. The monoisotopic (exact) mass is 158 g/mol. The van der Waals surface area contributed by atoms with Crippen LogP contribution in [0.4, 0.5) is 0 Å². The Balaban J connectivity index is 3.41. The number of unbranched alkanes of at least 4 members (excludes halogenated alkanes) is 1. The van der Waals surface area contributed by atoms with E-state index in [4.69, 9.17) is 4.74 Å². The van der Waals surface area contributed by atoms with Crippen LogP contribution in [0.3, 0.4) is 0 Å². The molecule has 0 amide bonds. The molecule has 0 spiro atoms. The third kappa shape index (κ3) is 6.36. The Hall–Kier alpha value is -0.0400. The van der Waals surface area contributed by atoms with Gasteiger partial charge in [0.1, 0.15) is 0 Å². The highest BCUT2D eigenvalue weighted by atomic mass is 16.5. The smallest absolute Gasteiger partial charge is 0.0573 e.